The number of benzene rings is 1. The molecule has 9 heteroatoms. The van der Waals surface area contributed by atoms with Gasteiger partial charge in [-0.2, -0.15) is 13.2 Å². The van der Waals surface area contributed by atoms with E-state index in [-0.39, 0.29) is 16.8 Å². The molecule has 1 aromatic heterocycles. The average molecular weight is 393 g/mol. The second-order valence-corrected chi connectivity index (χ2v) is 7.69. The van der Waals surface area contributed by atoms with Crippen LogP contribution in [0.15, 0.2) is 18.3 Å². The number of phenols is 1. The van der Waals surface area contributed by atoms with Gasteiger partial charge >= 0.3 is 6.18 Å². The predicted molar refractivity (Wildman–Crippen MR) is 98.0 cm³/mol. The molecule has 0 bridgehead atoms. The van der Waals surface area contributed by atoms with Crippen molar-refractivity contribution in [1.82, 2.24) is 20.1 Å². The van der Waals surface area contributed by atoms with E-state index in [1.165, 1.54) is 13.1 Å². The van der Waals surface area contributed by atoms with Crippen LogP contribution in [0.4, 0.5) is 19.1 Å². The number of anilines is 1. The van der Waals surface area contributed by atoms with Crippen molar-refractivity contribution in [2.24, 2.45) is 5.92 Å². The van der Waals surface area contributed by atoms with Crippen molar-refractivity contribution in [2.75, 3.05) is 31.6 Å². The molecule has 1 N–H and O–H groups in total. The van der Waals surface area contributed by atoms with E-state index in [1.807, 2.05) is 0 Å². The fraction of sp³-hybridized carbons (Fsp3) is 0.526. The van der Waals surface area contributed by atoms with E-state index in [9.17, 15) is 18.3 Å². The summed E-state index contributed by atoms with van der Waals surface area (Å²) in [5, 5.41) is 18.5. The maximum Gasteiger partial charge on any atom is 0.416 e. The monoisotopic (exact) mass is 393 g/mol. The number of halogens is 3. The van der Waals surface area contributed by atoms with E-state index in [1.54, 1.807) is 0 Å². The standard InChI is InChI=1S/C19H22F3N5O/c1-11-7-13(19(20,21)22)8-16(28)17(11)14-9-23-18(25-24-14)27-6-4-12-3-5-26(2)10-15(12)27/h7-9,12,15,28H,3-6,10H2,1-2H3/t12-,15-/m1/s1. The third kappa shape index (κ3) is 3.39. The fourth-order valence-corrected chi connectivity index (χ4v) is 4.33. The second-order valence-electron chi connectivity index (χ2n) is 7.69. The van der Waals surface area contributed by atoms with Gasteiger partial charge in [0.2, 0.25) is 5.95 Å². The molecule has 28 heavy (non-hydrogen) atoms. The Bertz CT molecular complexity index is 848. The fourth-order valence-electron chi connectivity index (χ4n) is 4.33. The average Bonchev–Trinajstić information content (AvgIpc) is 3.04. The first-order chi connectivity index (χ1) is 13.2. The molecule has 0 unspecified atom stereocenters. The number of fused-ring (bicyclic) bond motifs is 1. The molecule has 150 valence electrons. The molecule has 1 aromatic carbocycles. The van der Waals surface area contributed by atoms with Crippen LogP contribution in [0.2, 0.25) is 0 Å². The molecule has 2 atom stereocenters. The zero-order valence-corrected chi connectivity index (χ0v) is 15.7. The van der Waals surface area contributed by atoms with E-state index >= 15 is 0 Å². The van der Waals surface area contributed by atoms with Crippen LogP contribution in [0.3, 0.4) is 0 Å². The lowest BCUT2D eigenvalue weighted by atomic mass is 9.92. The summed E-state index contributed by atoms with van der Waals surface area (Å²) < 4.78 is 38.7. The van der Waals surface area contributed by atoms with Gasteiger partial charge in [-0.15, -0.1) is 10.2 Å². The summed E-state index contributed by atoms with van der Waals surface area (Å²) in [6.45, 7) is 4.42. The van der Waals surface area contributed by atoms with Crippen molar-refractivity contribution in [1.29, 1.82) is 0 Å². The van der Waals surface area contributed by atoms with Crippen molar-refractivity contribution >= 4 is 5.95 Å². The van der Waals surface area contributed by atoms with E-state index < -0.39 is 17.5 Å². The number of likely N-dealkylation sites (N-methyl/N-ethyl adjacent to an activating group) is 1. The molecule has 6 nitrogen and oxygen atoms in total. The molecule has 2 aromatic rings. The van der Waals surface area contributed by atoms with E-state index in [4.69, 9.17) is 0 Å². The number of hydrogen-bond acceptors (Lipinski definition) is 6. The SMILES string of the molecule is Cc1cc(C(F)(F)F)cc(O)c1-c1cnc(N2CC[C@H]3CCN(C)C[C@H]32)nn1. The van der Waals surface area contributed by atoms with Gasteiger partial charge in [0.25, 0.3) is 0 Å². The Morgan fingerprint density at radius 1 is 1.14 bits per heavy atom. The van der Waals surface area contributed by atoms with E-state index in [0.29, 0.717) is 24.0 Å². The maximum absolute atomic E-state index is 12.9. The Labute approximate surface area is 161 Å². The van der Waals surface area contributed by atoms with Crippen LogP contribution in [0.5, 0.6) is 5.75 Å². The number of aromatic nitrogens is 3. The topological polar surface area (TPSA) is 65.4 Å². The molecule has 2 aliphatic rings. The summed E-state index contributed by atoms with van der Waals surface area (Å²) in [7, 11) is 2.10. The zero-order valence-electron chi connectivity index (χ0n) is 15.7. The van der Waals surface area contributed by atoms with Crippen LogP contribution in [-0.2, 0) is 6.18 Å². The molecule has 4 rings (SSSR count). The molecule has 0 aliphatic carbocycles. The summed E-state index contributed by atoms with van der Waals surface area (Å²) >= 11 is 0. The Hall–Kier alpha value is -2.42. The summed E-state index contributed by atoms with van der Waals surface area (Å²) in [6, 6.07) is 2.06. The molecule has 2 aliphatic heterocycles. The van der Waals surface area contributed by atoms with Crippen molar-refractivity contribution in [3.8, 4) is 17.0 Å². The highest BCUT2D eigenvalue weighted by Crippen LogP contribution is 2.38. The van der Waals surface area contributed by atoms with Crippen LogP contribution in [0, 0.1) is 12.8 Å². The van der Waals surface area contributed by atoms with Crippen LogP contribution in [0.25, 0.3) is 11.3 Å². The van der Waals surface area contributed by atoms with E-state index in [0.717, 1.165) is 38.5 Å². The van der Waals surface area contributed by atoms with Crippen molar-refractivity contribution in [3.63, 3.8) is 0 Å². The maximum atomic E-state index is 12.9. The Kier molecular flexibility index (Phi) is 4.65. The van der Waals surface area contributed by atoms with Gasteiger partial charge in [0.1, 0.15) is 11.4 Å². The van der Waals surface area contributed by atoms with Crippen LogP contribution < -0.4 is 4.90 Å². The van der Waals surface area contributed by atoms with Crippen molar-refractivity contribution < 1.29 is 18.3 Å². The molecule has 0 saturated carbocycles. The number of rotatable bonds is 2. The van der Waals surface area contributed by atoms with Gasteiger partial charge in [0.15, 0.2) is 0 Å². The van der Waals surface area contributed by atoms with E-state index in [2.05, 4.69) is 32.0 Å². The number of phenolic OH excluding ortho intramolecular Hbond substituents is 1. The number of nitrogens with zero attached hydrogens (tertiary/aromatic N) is 5. The summed E-state index contributed by atoms with van der Waals surface area (Å²) in [6.07, 6.45) is -0.796. The van der Waals surface area contributed by atoms with Crippen LogP contribution in [-0.4, -0.2) is 57.9 Å². The van der Waals surface area contributed by atoms with Gasteiger partial charge in [0, 0.05) is 24.7 Å². The van der Waals surface area contributed by atoms with Gasteiger partial charge in [0.05, 0.1) is 11.8 Å². The van der Waals surface area contributed by atoms with Crippen molar-refractivity contribution in [2.45, 2.75) is 32.0 Å². The summed E-state index contributed by atoms with van der Waals surface area (Å²) in [5.41, 5.74) is -0.153. The first-order valence-corrected chi connectivity index (χ1v) is 9.30. The Morgan fingerprint density at radius 2 is 1.89 bits per heavy atom. The minimum absolute atomic E-state index is 0.219. The highest BCUT2D eigenvalue weighted by atomic mass is 19.4. The smallest absolute Gasteiger partial charge is 0.416 e. The predicted octanol–water partition coefficient (Wildman–Crippen LogP) is 3.10. The van der Waals surface area contributed by atoms with Crippen LogP contribution >= 0.6 is 0 Å². The molecule has 2 fully saturated rings. The molecular weight excluding hydrogens is 371 g/mol. The van der Waals surface area contributed by atoms with Crippen molar-refractivity contribution in [3.05, 3.63) is 29.5 Å². The minimum Gasteiger partial charge on any atom is -0.507 e. The largest absolute Gasteiger partial charge is 0.507 e. The third-order valence-corrected chi connectivity index (χ3v) is 5.77. The number of hydrogen-bond donors (Lipinski definition) is 1. The zero-order chi connectivity index (χ0) is 20.1. The number of aromatic hydroxyl groups is 1. The lowest BCUT2D eigenvalue weighted by molar-refractivity contribution is -0.137. The third-order valence-electron chi connectivity index (χ3n) is 5.77. The van der Waals surface area contributed by atoms with Gasteiger partial charge in [-0.3, -0.25) is 0 Å². The normalized spacial score (nSPS) is 23.1. The highest BCUT2D eigenvalue weighted by Gasteiger charge is 2.39. The second kappa shape index (κ2) is 6.88. The van der Waals surface area contributed by atoms with Gasteiger partial charge < -0.3 is 14.9 Å². The highest BCUT2D eigenvalue weighted by molar-refractivity contribution is 5.70. The van der Waals surface area contributed by atoms with Gasteiger partial charge in [-0.05, 0) is 57.0 Å². The molecule has 0 radical (unpaired) electrons. The summed E-state index contributed by atoms with van der Waals surface area (Å²) in [5.74, 6) is 0.669. The molecule has 2 saturated heterocycles. The Balaban J connectivity index is 1.61. The molecule has 3 heterocycles. The first-order valence-electron chi connectivity index (χ1n) is 9.30. The number of alkyl halides is 3. The molecule has 0 amide bonds. The van der Waals surface area contributed by atoms with Crippen LogP contribution in [0.1, 0.15) is 24.0 Å². The lowest BCUT2D eigenvalue weighted by Gasteiger charge is -2.36. The quantitative estimate of drug-likeness (QED) is 0.846. The number of piperidine rings is 1. The van der Waals surface area contributed by atoms with Gasteiger partial charge in [-0.1, -0.05) is 0 Å². The molecule has 0 spiro atoms. The number of aryl methyl sites for hydroxylation is 1. The first kappa shape index (κ1) is 18.9. The molecular formula is C19H22F3N5O. The Morgan fingerprint density at radius 3 is 2.54 bits per heavy atom. The number of likely N-dealkylation sites (tertiary alicyclic amines) is 1. The summed E-state index contributed by atoms with van der Waals surface area (Å²) in [4.78, 5) is 8.87. The minimum atomic E-state index is -4.52. The lowest BCUT2D eigenvalue weighted by Crippen LogP contribution is -2.47. The van der Waals surface area contributed by atoms with Gasteiger partial charge in [-0.25, -0.2) is 4.98 Å².